The van der Waals surface area contributed by atoms with E-state index in [1.807, 2.05) is 18.2 Å². The first-order chi connectivity index (χ1) is 13.0. The van der Waals surface area contributed by atoms with Crippen LogP contribution in [0.25, 0.3) is 0 Å². The summed E-state index contributed by atoms with van der Waals surface area (Å²) in [7, 11) is 0. The molecule has 1 aliphatic carbocycles. The summed E-state index contributed by atoms with van der Waals surface area (Å²) in [6.45, 7) is 1.67. The average Bonchev–Trinajstić information content (AvgIpc) is 2.92. The molecule has 4 heteroatoms. The molecule has 0 fully saturated rings. The van der Waals surface area contributed by atoms with E-state index in [2.05, 4.69) is 5.32 Å². The number of aliphatic hydroxyl groups excluding tert-OH is 1. The molecule has 0 bridgehead atoms. The average molecular weight is 357 g/mol. The van der Waals surface area contributed by atoms with Crippen LogP contribution in [0.15, 0.2) is 78.9 Å². The minimum absolute atomic E-state index is 0.267. The SMILES string of the molecule is C[C@H](O)c1cccc(NC2(c3ccccc3)C(=O)c3ccccc3C2=O)c1. The number of hydrogen-bond acceptors (Lipinski definition) is 4. The number of fused-ring (bicyclic) bond motifs is 1. The molecule has 0 radical (unpaired) electrons. The smallest absolute Gasteiger partial charge is 0.201 e. The number of anilines is 1. The largest absolute Gasteiger partial charge is 0.389 e. The lowest BCUT2D eigenvalue weighted by molar-refractivity contribution is 0.0819. The van der Waals surface area contributed by atoms with Crippen LogP contribution < -0.4 is 5.32 Å². The van der Waals surface area contributed by atoms with E-state index < -0.39 is 11.6 Å². The maximum Gasteiger partial charge on any atom is 0.201 e. The van der Waals surface area contributed by atoms with Crippen LogP contribution in [0.2, 0.25) is 0 Å². The van der Waals surface area contributed by atoms with Gasteiger partial charge in [0.05, 0.1) is 6.10 Å². The second-order valence-electron chi connectivity index (χ2n) is 6.75. The number of carbonyl (C=O) groups excluding carboxylic acids is 2. The Labute approximate surface area is 157 Å². The van der Waals surface area contributed by atoms with Gasteiger partial charge in [-0.05, 0) is 30.2 Å². The number of nitrogens with one attached hydrogen (secondary N) is 1. The maximum atomic E-state index is 13.4. The van der Waals surface area contributed by atoms with Crippen molar-refractivity contribution >= 4 is 17.3 Å². The minimum Gasteiger partial charge on any atom is -0.389 e. The lowest BCUT2D eigenvalue weighted by atomic mass is 9.84. The molecule has 0 spiro atoms. The Morgan fingerprint density at radius 1 is 0.815 bits per heavy atom. The molecule has 0 saturated carbocycles. The minimum atomic E-state index is -1.51. The fourth-order valence-corrected chi connectivity index (χ4v) is 3.62. The Hall–Kier alpha value is -3.24. The van der Waals surface area contributed by atoms with Crippen molar-refractivity contribution in [3.8, 4) is 0 Å². The summed E-state index contributed by atoms with van der Waals surface area (Å²) in [6.07, 6.45) is -0.647. The number of ketones is 2. The summed E-state index contributed by atoms with van der Waals surface area (Å²) >= 11 is 0. The van der Waals surface area contributed by atoms with Crippen molar-refractivity contribution in [3.05, 3.63) is 101 Å². The molecular weight excluding hydrogens is 338 g/mol. The third-order valence-corrected chi connectivity index (χ3v) is 5.01. The number of rotatable bonds is 4. The molecule has 0 heterocycles. The Morgan fingerprint density at radius 2 is 1.41 bits per heavy atom. The molecule has 0 saturated heterocycles. The molecule has 4 nitrogen and oxygen atoms in total. The molecule has 3 aromatic carbocycles. The first kappa shape index (κ1) is 17.2. The van der Waals surface area contributed by atoms with Gasteiger partial charge in [0.1, 0.15) is 0 Å². The first-order valence-electron chi connectivity index (χ1n) is 8.84. The molecule has 134 valence electrons. The predicted octanol–water partition coefficient (Wildman–Crippen LogP) is 4.13. The zero-order valence-corrected chi connectivity index (χ0v) is 14.8. The van der Waals surface area contributed by atoms with Crippen LogP contribution in [0.1, 0.15) is 44.9 Å². The van der Waals surface area contributed by atoms with Gasteiger partial charge in [0, 0.05) is 16.8 Å². The molecule has 3 aromatic rings. The van der Waals surface area contributed by atoms with Gasteiger partial charge in [-0.15, -0.1) is 0 Å². The molecule has 4 rings (SSSR count). The van der Waals surface area contributed by atoms with Crippen molar-refractivity contribution in [1.82, 2.24) is 0 Å². The van der Waals surface area contributed by atoms with Gasteiger partial charge < -0.3 is 10.4 Å². The normalized spacial score (nSPS) is 16.1. The topological polar surface area (TPSA) is 66.4 Å². The van der Waals surface area contributed by atoms with Crippen LogP contribution in [0.5, 0.6) is 0 Å². The summed E-state index contributed by atoms with van der Waals surface area (Å²) in [5.74, 6) is -0.534. The lowest BCUT2D eigenvalue weighted by Crippen LogP contribution is -2.46. The lowest BCUT2D eigenvalue weighted by Gasteiger charge is -2.29. The zero-order chi connectivity index (χ0) is 19.0. The molecule has 0 unspecified atom stereocenters. The van der Waals surface area contributed by atoms with Crippen molar-refractivity contribution in [1.29, 1.82) is 0 Å². The number of hydrogen-bond donors (Lipinski definition) is 2. The predicted molar refractivity (Wildman–Crippen MR) is 104 cm³/mol. The van der Waals surface area contributed by atoms with Crippen molar-refractivity contribution in [2.75, 3.05) is 5.32 Å². The first-order valence-corrected chi connectivity index (χ1v) is 8.84. The molecule has 1 atom stereocenters. The maximum absolute atomic E-state index is 13.4. The van der Waals surface area contributed by atoms with Crippen molar-refractivity contribution < 1.29 is 14.7 Å². The molecule has 2 N–H and O–H groups in total. The molecule has 27 heavy (non-hydrogen) atoms. The number of aliphatic hydroxyl groups is 1. The van der Waals surface area contributed by atoms with E-state index in [1.165, 1.54) is 0 Å². The van der Waals surface area contributed by atoms with Gasteiger partial charge in [-0.2, -0.15) is 0 Å². The van der Waals surface area contributed by atoms with Gasteiger partial charge in [-0.1, -0.05) is 66.7 Å². The highest BCUT2D eigenvalue weighted by Gasteiger charge is 2.54. The van der Waals surface area contributed by atoms with Gasteiger partial charge >= 0.3 is 0 Å². The summed E-state index contributed by atoms with van der Waals surface area (Å²) in [6, 6.07) is 23.1. The van der Waals surface area contributed by atoms with Gasteiger partial charge in [0.25, 0.3) is 0 Å². The van der Waals surface area contributed by atoms with E-state index in [-0.39, 0.29) is 11.6 Å². The number of benzene rings is 3. The number of Topliss-reactive ketones (excluding diaryl/α,β-unsaturated/α-hetero) is 2. The highest BCUT2D eigenvalue weighted by atomic mass is 16.3. The second kappa shape index (κ2) is 6.49. The van der Waals surface area contributed by atoms with Gasteiger partial charge in [-0.25, -0.2) is 0 Å². The monoisotopic (exact) mass is 357 g/mol. The van der Waals surface area contributed by atoms with E-state index in [0.29, 0.717) is 27.9 Å². The highest BCUT2D eigenvalue weighted by Crippen LogP contribution is 2.40. The Bertz CT molecular complexity index is 990. The fraction of sp³-hybridized carbons (Fsp3) is 0.130. The molecule has 0 aliphatic heterocycles. The van der Waals surface area contributed by atoms with Crippen LogP contribution in [-0.4, -0.2) is 16.7 Å². The molecule has 0 amide bonds. The van der Waals surface area contributed by atoms with Gasteiger partial charge in [0.2, 0.25) is 11.6 Å². The van der Waals surface area contributed by atoms with Crippen LogP contribution in [0, 0.1) is 0 Å². The van der Waals surface area contributed by atoms with E-state index in [1.54, 1.807) is 67.6 Å². The van der Waals surface area contributed by atoms with E-state index in [0.717, 1.165) is 0 Å². The third-order valence-electron chi connectivity index (χ3n) is 5.01. The molecular formula is C23H19NO3. The highest BCUT2D eigenvalue weighted by molar-refractivity contribution is 6.34. The Kier molecular flexibility index (Phi) is 4.13. The van der Waals surface area contributed by atoms with Crippen LogP contribution in [-0.2, 0) is 5.54 Å². The Morgan fingerprint density at radius 3 is 2.00 bits per heavy atom. The zero-order valence-electron chi connectivity index (χ0n) is 14.8. The van der Waals surface area contributed by atoms with Crippen LogP contribution in [0.4, 0.5) is 5.69 Å². The van der Waals surface area contributed by atoms with Crippen molar-refractivity contribution in [3.63, 3.8) is 0 Å². The summed E-state index contributed by atoms with van der Waals surface area (Å²) in [4.78, 5) is 26.8. The summed E-state index contributed by atoms with van der Waals surface area (Å²) in [5, 5.41) is 13.1. The molecule has 1 aliphatic rings. The van der Waals surface area contributed by atoms with Gasteiger partial charge in [-0.3, -0.25) is 9.59 Å². The standard InChI is InChI=1S/C23H19NO3/c1-15(25)16-8-7-11-18(14-16)24-23(17-9-3-2-4-10-17)21(26)19-12-5-6-13-20(19)22(23)27/h2-15,24-25H,1H3/t15-/m0/s1. The summed E-state index contributed by atoms with van der Waals surface area (Å²) < 4.78 is 0. The van der Waals surface area contributed by atoms with Gasteiger partial charge in [0.15, 0.2) is 5.54 Å². The van der Waals surface area contributed by atoms with Crippen molar-refractivity contribution in [2.45, 2.75) is 18.6 Å². The molecule has 0 aromatic heterocycles. The van der Waals surface area contributed by atoms with Crippen molar-refractivity contribution in [2.24, 2.45) is 0 Å². The summed E-state index contributed by atoms with van der Waals surface area (Å²) in [5.41, 5.74) is 1.24. The van der Waals surface area contributed by atoms with E-state index in [4.69, 9.17) is 0 Å². The Balaban J connectivity index is 1.89. The van der Waals surface area contributed by atoms with E-state index >= 15 is 0 Å². The third kappa shape index (κ3) is 2.66. The fourth-order valence-electron chi connectivity index (χ4n) is 3.62. The number of carbonyl (C=O) groups is 2. The second-order valence-corrected chi connectivity index (χ2v) is 6.75. The quantitative estimate of drug-likeness (QED) is 0.689. The van der Waals surface area contributed by atoms with E-state index in [9.17, 15) is 14.7 Å². The van der Waals surface area contributed by atoms with Crippen LogP contribution in [0.3, 0.4) is 0 Å². The van der Waals surface area contributed by atoms with Crippen LogP contribution >= 0.6 is 0 Å².